The fourth-order valence-electron chi connectivity index (χ4n) is 3.08. The summed E-state index contributed by atoms with van der Waals surface area (Å²) in [5.41, 5.74) is 10.3. The lowest BCUT2D eigenvalue weighted by Crippen LogP contribution is -2.12. The van der Waals surface area contributed by atoms with E-state index in [0.717, 1.165) is 22.7 Å². The SMILES string of the molecule is Nc1ccccc1N(c1ccccc1)c1cccc2ccccc12. The van der Waals surface area contributed by atoms with Crippen molar-refractivity contribution in [3.05, 3.63) is 97.1 Å². The van der Waals surface area contributed by atoms with Gasteiger partial charge < -0.3 is 10.6 Å². The highest BCUT2D eigenvalue weighted by atomic mass is 15.2. The molecule has 0 aromatic heterocycles. The molecule has 0 heterocycles. The second-order valence-electron chi connectivity index (χ2n) is 5.73. The Hall–Kier alpha value is -3.26. The average Bonchev–Trinajstić information content (AvgIpc) is 2.65. The lowest BCUT2D eigenvalue weighted by molar-refractivity contribution is 1.30. The van der Waals surface area contributed by atoms with Crippen molar-refractivity contribution in [1.29, 1.82) is 0 Å². The third-order valence-electron chi connectivity index (χ3n) is 4.20. The van der Waals surface area contributed by atoms with E-state index in [1.54, 1.807) is 0 Å². The predicted octanol–water partition coefficient (Wildman–Crippen LogP) is 5.89. The summed E-state index contributed by atoms with van der Waals surface area (Å²) in [7, 11) is 0. The van der Waals surface area contributed by atoms with Crippen LogP contribution in [0.1, 0.15) is 0 Å². The molecule has 0 saturated heterocycles. The molecule has 0 atom stereocenters. The largest absolute Gasteiger partial charge is 0.397 e. The van der Waals surface area contributed by atoms with Crippen molar-refractivity contribution in [2.75, 3.05) is 10.6 Å². The molecule has 116 valence electrons. The lowest BCUT2D eigenvalue weighted by atomic mass is 10.1. The molecule has 0 radical (unpaired) electrons. The van der Waals surface area contributed by atoms with Crippen LogP contribution in [-0.4, -0.2) is 0 Å². The minimum atomic E-state index is 0.759. The van der Waals surface area contributed by atoms with E-state index in [4.69, 9.17) is 5.73 Å². The quantitative estimate of drug-likeness (QED) is 0.478. The van der Waals surface area contributed by atoms with Gasteiger partial charge in [-0.2, -0.15) is 0 Å². The smallest absolute Gasteiger partial charge is 0.0691 e. The Balaban J connectivity index is 2.01. The summed E-state index contributed by atoms with van der Waals surface area (Å²) in [6, 6.07) is 33.1. The summed E-state index contributed by atoms with van der Waals surface area (Å²) in [6.45, 7) is 0. The van der Waals surface area contributed by atoms with E-state index < -0.39 is 0 Å². The summed E-state index contributed by atoms with van der Waals surface area (Å²) in [5, 5.41) is 2.41. The topological polar surface area (TPSA) is 29.3 Å². The van der Waals surface area contributed by atoms with Gasteiger partial charge in [0.15, 0.2) is 0 Å². The van der Waals surface area contributed by atoms with Crippen LogP contribution < -0.4 is 10.6 Å². The molecule has 0 unspecified atom stereocenters. The summed E-state index contributed by atoms with van der Waals surface area (Å²) in [5.74, 6) is 0. The molecular formula is C22H18N2. The minimum Gasteiger partial charge on any atom is -0.397 e. The number of nitrogens with zero attached hydrogens (tertiary/aromatic N) is 1. The summed E-state index contributed by atoms with van der Waals surface area (Å²) >= 11 is 0. The predicted molar refractivity (Wildman–Crippen MR) is 103 cm³/mol. The minimum absolute atomic E-state index is 0.759. The molecule has 4 rings (SSSR count). The van der Waals surface area contributed by atoms with Crippen LogP contribution in [0.3, 0.4) is 0 Å². The van der Waals surface area contributed by atoms with Gasteiger partial charge in [-0.25, -0.2) is 0 Å². The van der Waals surface area contributed by atoms with Crippen molar-refractivity contribution in [3.8, 4) is 0 Å². The number of fused-ring (bicyclic) bond motifs is 1. The van der Waals surface area contributed by atoms with E-state index in [1.165, 1.54) is 10.8 Å². The van der Waals surface area contributed by atoms with Crippen LogP contribution in [0, 0.1) is 0 Å². The number of para-hydroxylation sites is 3. The number of hydrogen-bond donors (Lipinski definition) is 1. The number of rotatable bonds is 3. The van der Waals surface area contributed by atoms with Gasteiger partial charge in [-0.3, -0.25) is 0 Å². The van der Waals surface area contributed by atoms with Gasteiger partial charge >= 0.3 is 0 Å². The zero-order valence-electron chi connectivity index (χ0n) is 13.3. The molecule has 0 saturated carbocycles. The average molecular weight is 310 g/mol. The Kier molecular flexibility index (Phi) is 3.64. The molecular weight excluding hydrogens is 292 g/mol. The van der Waals surface area contributed by atoms with Crippen LogP contribution in [0.25, 0.3) is 10.8 Å². The van der Waals surface area contributed by atoms with Crippen LogP contribution in [-0.2, 0) is 0 Å². The Morgan fingerprint density at radius 1 is 0.542 bits per heavy atom. The molecule has 0 spiro atoms. The lowest BCUT2D eigenvalue weighted by Gasteiger charge is -2.27. The van der Waals surface area contributed by atoms with Crippen molar-refractivity contribution >= 4 is 33.5 Å². The van der Waals surface area contributed by atoms with Crippen molar-refractivity contribution in [3.63, 3.8) is 0 Å². The first-order valence-corrected chi connectivity index (χ1v) is 8.02. The monoisotopic (exact) mass is 310 g/mol. The molecule has 0 aliphatic rings. The normalized spacial score (nSPS) is 10.7. The summed E-state index contributed by atoms with van der Waals surface area (Å²) < 4.78 is 0. The van der Waals surface area contributed by atoms with Gasteiger partial charge in [0, 0.05) is 11.1 Å². The summed E-state index contributed by atoms with van der Waals surface area (Å²) in [6.07, 6.45) is 0. The van der Waals surface area contributed by atoms with Crippen LogP contribution in [0.4, 0.5) is 22.7 Å². The molecule has 24 heavy (non-hydrogen) atoms. The second kappa shape index (κ2) is 6.09. The van der Waals surface area contributed by atoms with Gasteiger partial charge in [0.25, 0.3) is 0 Å². The zero-order chi connectivity index (χ0) is 16.4. The molecule has 2 N–H and O–H groups in total. The van der Waals surface area contributed by atoms with Gasteiger partial charge in [0.2, 0.25) is 0 Å². The Morgan fingerprint density at radius 3 is 2.00 bits per heavy atom. The molecule has 0 bridgehead atoms. The fourth-order valence-corrected chi connectivity index (χ4v) is 3.08. The van der Waals surface area contributed by atoms with Gasteiger partial charge in [0.05, 0.1) is 17.1 Å². The fraction of sp³-hybridized carbons (Fsp3) is 0. The highest BCUT2D eigenvalue weighted by molar-refractivity contribution is 6.00. The number of nitrogen functional groups attached to an aromatic ring is 1. The maximum Gasteiger partial charge on any atom is 0.0691 e. The molecule has 0 aliphatic carbocycles. The second-order valence-corrected chi connectivity index (χ2v) is 5.73. The molecule has 0 aliphatic heterocycles. The number of hydrogen-bond acceptors (Lipinski definition) is 2. The zero-order valence-corrected chi connectivity index (χ0v) is 13.3. The van der Waals surface area contributed by atoms with Crippen molar-refractivity contribution in [1.82, 2.24) is 0 Å². The van der Waals surface area contributed by atoms with Crippen molar-refractivity contribution in [2.24, 2.45) is 0 Å². The number of nitrogens with two attached hydrogens (primary N) is 1. The Morgan fingerprint density at radius 2 is 1.17 bits per heavy atom. The first-order chi connectivity index (χ1) is 11.8. The van der Waals surface area contributed by atoms with E-state index in [1.807, 2.05) is 36.4 Å². The van der Waals surface area contributed by atoms with E-state index in [9.17, 15) is 0 Å². The molecule has 2 heteroatoms. The molecule has 4 aromatic rings. The van der Waals surface area contributed by atoms with Gasteiger partial charge in [0.1, 0.15) is 0 Å². The Bertz CT molecular complexity index is 972. The highest BCUT2D eigenvalue weighted by Crippen LogP contribution is 2.40. The van der Waals surface area contributed by atoms with Crippen LogP contribution in [0.5, 0.6) is 0 Å². The van der Waals surface area contributed by atoms with Gasteiger partial charge in [-0.05, 0) is 35.7 Å². The molecule has 2 nitrogen and oxygen atoms in total. The first kappa shape index (κ1) is 14.3. The van der Waals surface area contributed by atoms with Gasteiger partial charge in [-0.1, -0.05) is 66.7 Å². The third kappa shape index (κ3) is 2.48. The van der Waals surface area contributed by atoms with E-state index in [0.29, 0.717) is 0 Å². The first-order valence-electron chi connectivity index (χ1n) is 8.02. The van der Waals surface area contributed by atoms with Crippen LogP contribution in [0.2, 0.25) is 0 Å². The maximum atomic E-state index is 6.30. The van der Waals surface area contributed by atoms with Crippen molar-refractivity contribution < 1.29 is 0 Å². The molecule has 0 amide bonds. The Labute approximate surface area is 141 Å². The third-order valence-corrected chi connectivity index (χ3v) is 4.20. The molecule has 4 aromatic carbocycles. The van der Waals surface area contributed by atoms with E-state index >= 15 is 0 Å². The number of benzene rings is 4. The maximum absolute atomic E-state index is 6.30. The standard InChI is InChI=1S/C22H18N2/c23-20-14-6-7-15-22(20)24(18-11-2-1-3-12-18)21-16-8-10-17-9-4-5-13-19(17)21/h1-16H,23H2. The van der Waals surface area contributed by atoms with Crippen molar-refractivity contribution in [2.45, 2.75) is 0 Å². The van der Waals surface area contributed by atoms with Crippen LogP contribution >= 0.6 is 0 Å². The number of anilines is 4. The van der Waals surface area contributed by atoms with Crippen LogP contribution in [0.15, 0.2) is 97.1 Å². The van der Waals surface area contributed by atoms with E-state index in [2.05, 4.69) is 65.6 Å². The van der Waals surface area contributed by atoms with Gasteiger partial charge in [-0.15, -0.1) is 0 Å². The molecule has 0 fully saturated rings. The van der Waals surface area contributed by atoms with E-state index in [-0.39, 0.29) is 0 Å². The highest BCUT2D eigenvalue weighted by Gasteiger charge is 2.16. The summed E-state index contributed by atoms with van der Waals surface area (Å²) in [4.78, 5) is 2.22.